The summed E-state index contributed by atoms with van der Waals surface area (Å²) in [6.07, 6.45) is 10.7. The number of amides is 1. The van der Waals surface area contributed by atoms with Crippen LogP contribution in [0.3, 0.4) is 0 Å². The number of aromatic nitrogens is 2. The van der Waals surface area contributed by atoms with E-state index in [1.165, 1.54) is 30.6 Å². The fourth-order valence-corrected chi connectivity index (χ4v) is 4.26. The van der Waals surface area contributed by atoms with Gasteiger partial charge in [0, 0.05) is 54.8 Å². The highest BCUT2D eigenvalue weighted by atomic mass is 35.5. The standard InChI is InChI=1S/C25H21ClF2N4O/c26-17-10-21(24(28)31-13-17)19-2-1-8-29-23(19)25(33)32(14-15-3-4-15)9-7-16-12-30-22-6-5-18(27)11-20(16)22/h1-2,5,8,10-13,15H,3-4,6-7,9,14H2. The van der Waals surface area contributed by atoms with E-state index in [2.05, 4.69) is 15.0 Å². The molecule has 2 aromatic heterocycles. The molecule has 1 fully saturated rings. The van der Waals surface area contributed by atoms with E-state index in [0.29, 0.717) is 37.4 Å². The average Bonchev–Trinajstić information content (AvgIpc) is 3.56. The van der Waals surface area contributed by atoms with Gasteiger partial charge in [-0.3, -0.25) is 14.8 Å². The molecule has 0 unspecified atom stereocenters. The van der Waals surface area contributed by atoms with Crippen LogP contribution in [0.5, 0.6) is 0 Å². The summed E-state index contributed by atoms with van der Waals surface area (Å²) in [4.78, 5) is 27.7. The second-order valence-corrected chi connectivity index (χ2v) is 8.85. The Bertz CT molecular complexity index is 1250. The number of hydrogen-bond donors (Lipinski definition) is 0. The molecule has 3 heterocycles. The van der Waals surface area contributed by atoms with Crippen LogP contribution >= 0.6 is 11.6 Å². The Labute approximate surface area is 195 Å². The maximum atomic E-state index is 14.5. The molecule has 0 spiro atoms. The molecule has 0 N–H and O–H groups in total. The number of hydrogen-bond acceptors (Lipinski definition) is 4. The van der Waals surface area contributed by atoms with Gasteiger partial charge in [0.2, 0.25) is 5.95 Å². The third-order valence-corrected chi connectivity index (χ3v) is 6.23. The van der Waals surface area contributed by atoms with Gasteiger partial charge >= 0.3 is 0 Å². The van der Waals surface area contributed by atoms with E-state index in [9.17, 15) is 13.6 Å². The Hall–Kier alpha value is -3.19. The maximum Gasteiger partial charge on any atom is 0.273 e. The predicted molar refractivity (Wildman–Crippen MR) is 123 cm³/mol. The third kappa shape index (κ3) is 4.64. The normalized spacial score (nSPS) is 17.1. The number of rotatable bonds is 7. The Morgan fingerprint density at radius 2 is 2.06 bits per heavy atom. The molecule has 1 saturated carbocycles. The van der Waals surface area contributed by atoms with Crippen molar-refractivity contribution < 1.29 is 13.6 Å². The minimum Gasteiger partial charge on any atom is -0.337 e. The number of pyridine rings is 2. The summed E-state index contributed by atoms with van der Waals surface area (Å²) in [5.74, 6) is -0.808. The van der Waals surface area contributed by atoms with Gasteiger partial charge in [0.25, 0.3) is 5.91 Å². The summed E-state index contributed by atoms with van der Waals surface area (Å²) < 4.78 is 28.3. The SMILES string of the molecule is O=C(c1ncccc1-c1cc(Cl)cnc1F)N(CCC1=CN=C2CC=C(F)C=C12)CC1CC1. The van der Waals surface area contributed by atoms with Gasteiger partial charge in [-0.25, -0.2) is 9.37 Å². The first-order chi connectivity index (χ1) is 16.0. The zero-order chi connectivity index (χ0) is 22.9. The third-order valence-electron chi connectivity index (χ3n) is 6.03. The number of fused-ring (bicyclic) bond motifs is 1. The maximum absolute atomic E-state index is 14.5. The molecular weight excluding hydrogens is 446 g/mol. The molecule has 5 rings (SSSR count). The number of carbonyl (C=O) groups excluding carboxylic acids is 1. The molecule has 0 bridgehead atoms. The molecule has 1 aliphatic heterocycles. The first-order valence-corrected chi connectivity index (χ1v) is 11.3. The summed E-state index contributed by atoms with van der Waals surface area (Å²) in [6.45, 7) is 1.03. The minimum absolute atomic E-state index is 0.136. The molecule has 0 atom stereocenters. The number of halogens is 3. The molecular formula is C25H21ClF2N4O. The average molecular weight is 467 g/mol. The smallest absolute Gasteiger partial charge is 0.273 e. The van der Waals surface area contributed by atoms with Crippen molar-refractivity contribution in [3.8, 4) is 11.1 Å². The summed E-state index contributed by atoms with van der Waals surface area (Å²) in [6, 6.07) is 4.74. The van der Waals surface area contributed by atoms with Crippen molar-refractivity contribution in [2.45, 2.75) is 25.7 Å². The molecule has 0 radical (unpaired) electrons. The van der Waals surface area contributed by atoms with Gasteiger partial charge in [-0.15, -0.1) is 0 Å². The van der Waals surface area contributed by atoms with Crippen LogP contribution in [0.1, 0.15) is 36.2 Å². The van der Waals surface area contributed by atoms with E-state index in [4.69, 9.17) is 11.6 Å². The van der Waals surface area contributed by atoms with Gasteiger partial charge < -0.3 is 4.90 Å². The Morgan fingerprint density at radius 1 is 1.21 bits per heavy atom. The van der Waals surface area contributed by atoms with Crippen LogP contribution in [0, 0.1) is 11.9 Å². The van der Waals surface area contributed by atoms with Gasteiger partial charge in [0.1, 0.15) is 11.5 Å². The minimum atomic E-state index is -0.713. The Morgan fingerprint density at radius 3 is 2.88 bits per heavy atom. The monoisotopic (exact) mass is 466 g/mol. The van der Waals surface area contributed by atoms with Crippen LogP contribution in [0.25, 0.3) is 11.1 Å². The lowest BCUT2D eigenvalue weighted by Crippen LogP contribution is -2.35. The van der Waals surface area contributed by atoms with Gasteiger partial charge in [0.15, 0.2) is 0 Å². The molecule has 5 nitrogen and oxygen atoms in total. The van der Waals surface area contributed by atoms with Crippen LogP contribution in [0.4, 0.5) is 8.78 Å². The van der Waals surface area contributed by atoms with Crippen molar-refractivity contribution in [1.82, 2.24) is 14.9 Å². The largest absolute Gasteiger partial charge is 0.337 e. The predicted octanol–water partition coefficient (Wildman–Crippen LogP) is 5.70. The second kappa shape index (κ2) is 8.98. The topological polar surface area (TPSA) is 58.5 Å². The van der Waals surface area contributed by atoms with Gasteiger partial charge in [-0.2, -0.15) is 4.39 Å². The molecule has 3 aliphatic rings. The molecule has 2 aromatic rings. The summed E-state index contributed by atoms with van der Waals surface area (Å²) >= 11 is 6.03. The lowest BCUT2D eigenvalue weighted by atomic mass is 9.95. The fourth-order valence-electron chi connectivity index (χ4n) is 4.11. The van der Waals surface area contributed by atoms with E-state index >= 15 is 0 Å². The van der Waals surface area contributed by atoms with Crippen LogP contribution in [0.2, 0.25) is 5.02 Å². The molecule has 2 aliphatic carbocycles. The molecule has 168 valence electrons. The van der Waals surface area contributed by atoms with Crippen molar-refractivity contribution >= 4 is 23.2 Å². The van der Waals surface area contributed by atoms with Crippen LogP contribution in [-0.4, -0.2) is 39.6 Å². The van der Waals surface area contributed by atoms with E-state index in [0.717, 1.165) is 29.7 Å². The quantitative estimate of drug-likeness (QED) is 0.492. The zero-order valence-electron chi connectivity index (χ0n) is 17.8. The Balaban J connectivity index is 1.40. The van der Waals surface area contributed by atoms with Crippen molar-refractivity contribution in [1.29, 1.82) is 0 Å². The van der Waals surface area contributed by atoms with E-state index in [1.807, 2.05) is 0 Å². The Kier molecular flexibility index (Phi) is 5.89. The second-order valence-electron chi connectivity index (χ2n) is 8.42. The first kappa shape index (κ1) is 21.6. The summed E-state index contributed by atoms with van der Waals surface area (Å²) in [7, 11) is 0. The van der Waals surface area contributed by atoms with Crippen molar-refractivity contribution in [2.75, 3.05) is 13.1 Å². The highest BCUT2D eigenvalue weighted by Gasteiger charge is 2.30. The highest BCUT2D eigenvalue weighted by molar-refractivity contribution is 6.30. The summed E-state index contributed by atoms with van der Waals surface area (Å²) in [5.41, 5.74) is 3.21. The van der Waals surface area contributed by atoms with E-state index in [1.54, 1.807) is 23.2 Å². The fraction of sp³-hybridized carbons (Fsp3) is 0.280. The number of aliphatic imine (C=N–C) groups is 1. The van der Waals surface area contributed by atoms with Crippen LogP contribution < -0.4 is 0 Å². The van der Waals surface area contributed by atoms with Crippen LogP contribution in [-0.2, 0) is 0 Å². The van der Waals surface area contributed by atoms with Crippen LogP contribution in [0.15, 0.2) is 70.9 Å². The highest BCUT2D eigenvalue weighted by Crippen LogP contribution is 2.33. The lowest BCUT2D eigenvalue weighted by molar-refractivity contribution is 0.0744. The summed E-state index contributed by atoms with van der Waals surface area (Å²) in [5, 5.41) is 0.273. The number of allylic oxidation sites excluding steroid dienone is 4. The number of nitrogens with zero attached hydrogens (tertiary/aromatic N) is 4. The van der Waals surface area contributed by atoms with Crippen molar-refractivity contribution in [3.63, 3.8) is 0 Å². The molecule has 1 amide bonds. The van der Waals surface area contributed by atoms with Crippen molar-refractivity contribution in [2.24, 2.45) is 10.9 Å². The zero-order valence-corrected chi connectivity index (χ0v) is 18.5. The lowest BCUT2D eigenvalue weighted by Gasteiger charge is -2.24. The van der Waals surface area contributed by atoms with Gasteiger partial charge in [-0.1, -0.05) is 17.7 Å². The first-order valence-electron chi connectivity index (χ1n) is 10.9. The number of carbonyl (C=O) groups is 1. The van der Waals surface area contributed by atoms with Gasteiger partial charge in [-0.05, 0) is 55.0 Å². The van der Waals surface area contributed by atoms with Crippen molar-refractivity contribution in [3.05, 3.63) is 82.6 Å². The van der Waals surface area contributed by atoms with E-state index < -0.39 is 5.95 Å². The molecule has 33 heavy (non-hydrogen) atoms. The molecule has 0 saturated heterocycles. The van der Waals surface area contributed by atoms with Gasteiger partial charge in [0.05, 0.1) is 10.7 Å². The molecule has 8 heteroatoms. The molecule has 0 aromatic carbocycles. The van der Waals surface area contributed by atoms with E-state index in [-0.39, 0.29) is 28.0 Å².